The number of anilines is 2. The Labute approximate surface area is 231 Å². The van der Waals surface area contributed by atoms with Crippen LogP contribution in [0, 0.1) is 11.3 Å². The van der Waals surface area contributed by atoms with E-state index in [1.165, 1.54) is 0 Å². The number of benzene rings is 2. The van der Waals surface area contributed by atoms with E-state index >= 15 is 0 Å². The predicted molar refractivity (Wildman–Crippen MR) is 153 cm³/mol. The number of nitriles is 1. The minimum absolute atomic E-state index is 0.228. The molecule has 5 aromatic rings. The van der Waals surface area contributed by atoms with Gasteiger partial charge in [0.1, 0.15) is 17.3 Å². The van der Waals surface area contributed by atoms with Gasteiger partial charge in [-0.05, 0) is 54.6 Å². The number of hydrogen-bond donors (Lipinski definition) is 2. The van der Waals surface area contributed by atoms with Gasteiger partial charge in [-0.2, -0.15) is 15.5 Å². The summed E-state index contributed by atoms with van der Waals surface area (Å²) in [4.78, 5) is 17.3. The second kappa shape index (κ2) is 10.7. The molecule has 0 spiro atoms. The van der Waals surface area contributed by atoms with Gasteiger partial charge < -0.3 is 10.1 Å². The first-order valence-electron chi connectivity index (χ1n) is 12.6. The zero-order valence-electron chi connectivity index (χ0n) is 22.6. The number of urea groups is 1. The van der Waals surface area contributed by atoms with Crippen LogP contribution >= 0.6 is 0 Å². The average Bonchev–Trinajstić information content (AvgIpc) is 3.56. The highest BCUT2D eigenvalue weighted by Crippen LogP contribution is 2.28. The molecule has 200 valence electrons. The molecular formula is C30H28N8O2. The third-order valence-electron chi connectivity index (χ3n) is 6.04. The predicted octanol–water partition coefficient (Wildman–Crippen LogP) is 6.27. The Morgan fingerprint density at radius 3 is 2.38 bits per heavy atom. The van der Waals surface area contributed by atoms with Gasteiger partial charge >= 0.3 is 6.03 Å². The molecule has 2 N–H and O–H groups in total. The number of ether oxygens (including phenoxy) is 1. The van der Waals surface area contributed by atoms with Crippen molar-refractivity contribution in [3.05, 3.63) is 96.6 Å². The van der Waals surface area contributed by atoms with Crippen molar-refractivity contribution in [2.45, 2.75) is 26.2 Å². The van der Waals surface area contributed by atoms with Crippen LogP contribution in [0.1, 0.15) is 32.0 Å². The summed E-state index contributed by atoms with van der Waals surface area (Å²) < 4.78 is 9.37. The number of carbonyl (C=O) groups is 1. The largest absolute Gasteiger partial charge is 0.457 e. The highest BCUT2D eigenvalue weighted by Gasteiger charge is 2.21. The first-order chi connectivity index (χ1) is 19.2. The smallest absolute Gasteiger partial charge is 0.324 e. The third kappa shape index (κ3) is 6.00. The Morgan fingerprint density at radius 1 is 0.975 bits per heavy atom. The van der Waals surface area contributed by atoms with Gasteiger partial charge in [-0.15, -0.1) is 0 Å². The van der Waals surface area contributed by atoms with Crippen molar-refractivity contribution in [3.63, 3.8) is 0 Å². The maximum atomic E-state index is 12.9. The molecule has 0 unspecified atom stereocenters. The monoisotopic (exact) mass is 532 g/mol. The number of nitrogens with zero attached hydrogens (tertiary/aromatic N) is 6. The molecule has 0 bridgehead atoms. The van der Waals surface area contributed by atoms with Crippen LogP contribution < -0.4 is 15.4 Å². The second-order valence-corrected chi connectivity index (χ2v) is 10.2. The van der Waals surface area contributed by atoms with Gasteiger partial charge in [0.15, 0.2) is 0 Å². The molecule has 40 heavy (non-hydrogen) atoms. The zero-order chi connectivity index (χ0) is 28.3. The number of aromatic nitrogens is 5. The van der Waals surface area contributed by atoms with E-state index in [1.807, 2.05) is 25.4 Å². The van der Waals surface area contributed by atoms with E-state index < -0.39 is 6.03 Å². The molecule has 3 aromatic heterocycles. The van der Waals surface area contributed by atoms with Gasteiger partial charge in [-0.25, -0.2) is 9.48 Å². The molecule has 0 aliphatic heterocycles. The molecule has 3 heterocycles. The number of carbonyl (C=O) groups excluding carboxylic acids is 1. The molecule has 5 rings (SSSR count). The molecule has 0 radical (unpaired) electrons. The molecule has 2 amide bonds. The van der Waals surface area contributed by atoms with Crippen molar-refractivity contribution >= 4 is 17.5 Å². The van der Waals surface area contributed by atoms with E-state index in [1.54, 1.807) is 76.4 Å². The standard InChI is InChI=1S/C30H28N8O2/c1-30(2,3)27-16-28(38(36-27)23-9-5-20(17-31)6-10-23)35-29(39)34-22-7-11-24(12-8-22)40-25-13-14-32-26(15-25)21-18-33-37(4)19-21/h5-16,18-19H,1-4H3,(H2,34,35,39). The number of amides is 2. The Hall–Kier alpha value is -5.43. The third-order valence-corrected chi connectivity index (χ3v) is 6.04. The van der Waals surface area contributed by atoms with Gasteiger partial charge in [-0.1, -0.05) is 20.8 Å². The average molecular weight is 533 g/mol. The Bertz CT molecular complexity index is 1690. The lowest BCUT2D eigenvalue weighted by atomic mass is 9.92. The van der Waals surface area contributed by atoms with Crippen molar-refractivity contribution in [3.8, 4) is 34.5 Å². The molecule has 0 aliphatic rings. The van der Waals surface area contributed by atoms with Gasteiger partial charge in [0.2, 0.25) is 0 Å². The van der Waals surface area contributed by atoms with E-state index in [4.69, 9.17) is 15.1 Å². The van der Waals surface area contributed by atoms with Crippen LogP contribution in [0.4, 0.5) is 16.3 Å². The molecule has 0 fully saturated rings. The van der Waals surface area contributed by atoms with Crippen molar-refractivity contribution in [1.82, 2.24) is 24.5 Å². The molecule has 0 saturated carbocycles. The highest BCUT2D eigenvalue weighted by molar-refractivity contribution is 5.99. The molecular weight excluding hydrogens is 504 g/mol. The molecule has 0 saturated heterocycles. The first kappa shape index (κ1) is 26.2. The van der Waals surface area contributed by atoms with Gasteiger partial charge in [0, 0.05) is 48.2 Å². The van der Waals surface area contributed by atoms with E-state index in [0.29, 0.717) is 28.6 Å². The molecule has 10 heteroatoms. The second-order valence-electron chi connectivity index (χ2n) is 10.2. The number of pyridine rings is 1. The maximum Gasteiger partial charge on any atom is 0.324 e. The van der Waals surface area contributed by atoms with Crippen LogP contribution in [-0.4, -0.2) is 30.6 Å². The van der Waals surface area contributed by atoms with E-state index in [0.717, 1.165) is 22.6 Å². The van der Waals surface area contributed by atoms with Crippen LogP contribution in [0.3, 0.4) is 0 Å². The van der Waals surface area contributed by atoms with E-state index in [9.17, 15) is 4.79 Å². The Morgan fingerprint density at radius 2 is 1.73 bits per heavy atom. The highest BCUT2D eigenvalue weighted by atomic mass is 16.5. The number of aryl methyl sites for hydroxylation is 1. The lowest BCUT2D eigenvalue weighted by Crippen LogP contribution is -2.21. The quantitative estimate of drug-likeness (QED) is 0.266. The lowest BCUT2D eigenvalue weighted by Gasteiger charge is -2.14. The summed E-state index contributed by atoms with van der Waals surface area (Å²) in [6.07, 6.45) is 5.32. The van der Waals surface area contributed by atoms with Crippen molar-refractivity contribution < 1.29 is 9.53 Å². The Balaban J connectivity index is 1.27. The van der Waals surface area contributed by atoms with Crippen LogP contribution in [-0.2, 0) is 12.5 Å². The van der Waals surface area contributed by atoms with Crippen LogP contribution in [0.5, 0.6) is 11.5 Å². The van der Waals surface area contributed by atoms with Crippen LogP contribution in [0.25, 0.3) is 16.9 Å². The van der Waals surface area contributed by atoms with E-state index in [2.05, 4.69) is 47.6 Å². The summed E-state index contributed by atoms with van der Waals surface area (Å²) >= 11 is 0. The van der Waals surface area contributed by atoms with Crippen molar-refractivity contribution in [2.24, 2.45) is 7.05 Å². The lowest BCUT2D eigenvalue weighted by molar-refractivity contribution is 0.262. The first-order valence-corrected chi connectivity index (χ1v) is 12.6. The normalized spacial score (nSPS) is 11.1. The summed E-state index contributed by atoms with van der Waals surface area (Å²) in [7, 11) is 1.85. The van der Waals surface area contributed by atoms with E-state index in [-0.39, 0.29) is 5.41 Å². The molecule has 10 nitrogen and oxygen atoms in total. The van der Waals surface area contributed by atoms with Crippen LogP contribution in [0.2, 0.25) is 0 Å². The summed E-state index contributed by atoms with van der Waals surface area (Å²) in [5.41, 5.74) is 4.11. The van der Waals surface area contributed by atoms with Crippen molar-refractivity contribution in [2.75, 3.05) is 10.6 Å². The van der Waals surface area contributed by atoms with Gasteiger partial charge in [-0.3, -0.25) is 15.0 Å². The van der Waals surface area contributed by atoms with Gasteiger partial charge in [0.05, 0.1) is 34.9 Å². The fourth-order valence-corrected chi connectivity index (χ4v) is 3.92. The van der Waals surface area contributed by atoms with Crippen molar-refractivity contribution in [1.29, 1.82) is 5.26 Å². The summed E-state index contributed by atoms with van der Waals surface area (Å²) in [5.74, 6) is 1.76. The van der Waals surface area contributed by atoms with Crippen LogP contribution in [0.15, 0.2) is 85.3 Å². The summed E-state index contributed by atoms with van der Waals surface area (Å²) in [6, 6.07) is 21.3. The topological polar surface area (TPSA) is 123 Å². The minimum atomic E-state index is -0.417. The minimum Gasteiger partial charge on any atom is -0.457 e. The van der Waals surface area contributed by atoms with Gasteiger partial charge in [0.25, 0.3) is 0 Å². The summed E-state index contributed by atoms with van der Waals surface area (Å²) in [5, 5.41) is 23.8. The SMILES string of the molecule is Cn1cc(-c2cc(Oc3ccc(NC(=O)Nc4cc(C(C)(C)C)nn4-c4ccc(C#N)cc4)cc3)ccn2)cn1. The fraction of sp³-hybridized carbons (Fsp3) is 0.167. The number of rotatable bonds is 6. The molecule has 0 aliphatic carbocycles. The summed E-state index contributed by atoms with van der Waals surface area (Å²) in [6.45, 7) is 6.16. The molecule has 0 atom stereocenters. The number of hydrogen-bond acceptors (Lipinski definition) is 6. The maximum absolute atomic E-state index is 12.9. The fourth-order valence-electron chi connectivity index (χ4n) is 3.92. The Kier molecular flexibility index (Phi) is 7.03. The zero-order valence-corrected chi connectivity index (χ0v) is 22.6. The number of nitrogens with one attached hydrogen (secondary N) is 2. The molecule has 2 aromatic carbocycles.